The van der Waals surface area contributed by atoms with Crippen LogP contribution in [-0.2, 0) is 11.3 Å². The fraction of sp³-hybridized carbons (Fsp3) is 0.171. The van der Waals surface area contributed by atoms with Gasteiger partial charge in [-0.3, -0.25) is 14.2 Å². The molecule has 0 saturated carbocycles. The van der Waals surface area contributed by atoms with Gasteiger partial charge in [-0.05, 0) is 48.2 Å². The quantitative estimate of drug-likeness (QED) is 0.238. The molecule has 3 aromatic carbocycles. The van der Waals surface area contributed by atoms with Gasteiger partial charge >= 0.3 is 0 Å². The van der Waals surface area contributed by atoms with Crippen molar-refractivity contribution in [1.29, 1.82) is 0 Å². The molecule has 1 atom stereocenters. The van der Waals surface area contributed by atoms with E-state index >= 15 is 0 Å². The first kappa shape index (κ1) is 27.4. The lowest BCUT2D eigenvalue weighted by Gasteiger charge is -2.25. The summed E-state index contributed by atoms with van der Waals surface area (Å²) in [6, 6.07) is 25.1. The van der Waals surface area contributed by atoms with E-state index < -0.39 is 6.04 Å². The van der Waals surface area contributed by atoms with Gasteiger partial charge in [0.15, 0.2) is 4.80 Å². The van der Waals surface area contributed by atoms with Crippen LogP contribution in [0.1, 0.15) is 49.4 Å². The highest BCUT2D eigenvalue weighted by Crippen LogP contribution is 2.32. The van der Waals surface area contributed by atoms with Crippen LogP contribution in [0.5, 0.6) is 0 Å². The number of rotatable bonds is 7. The second-order valence-corrected chi connectivity index (χ2v) is 11.8. The zero-order chi connectivity index (χ0) is 29.4. The maximum Gasteiger partial charge on any atom is 0.271 e. The fourth-order valence-corrected chi connectivity index (χ4v) is 6.57. The molecule has 1 aliphatic rings. The van der Waals surface area contributed by atoms with E-state index in [9.17, 15) is 9.59 Å². The summed E-state index contributed by atoms with van der Waals surface area (Å²) >= 11 is 1.35. The summed E-state index contributed by atoms with van der Waals surface area (Å²) in [6.45, 7) is 10.7. The van der Waals surface area contributed by atoms with Gasteiger partial charge < -0.3 is 9.88 Å². The van der Waals surface area contributed by atoms with Crippen molar-refractivity contribution in [2.24, 2.45) is 4.99 Å². The molecule has 42 heavy (non-hydrogen) atoms. The van der Waals surface area contributed by atoms with Crippen LogP contribution in [0.3, 0.4) is 0 Å². The number of carbonyl (C=O) groups is 1. The molecule has 210 valence electrons. The minimum absolute atomic E-state index is 0.172. The molecule has 0 radical (unpaired) electrons. The molecule has 6 nitrogen and oxygen atoms in total. The first-order valence-electron chi connectivity index (χ1n) is 14.0. The molecule has 1 N–H and O–H groups in total. The zero-order valence-corrected chi connectivity index (χ0v) is 24.7. The van der Waals surface area contributed by atoms with Crippen LogP contribution in [0.15, 0.2) is 119 Å². The van der Waals surface area contributed by atoms with Gasteiger partial charge in [0.1, 0.15) is 0 Å². The number of carbonyl (C=O) groups excluding carboxylic acids is 1. The predicted molar refractivity (Wildman–Crippen MR) is 172 cm³/mol. The molecule has 0 fully saturated rings. The van der Waals surface area contributed by atoms with Crippen LogP contribution in [0.25, 0.3) is 17.0 Å². The molecule has 1 aliphatic heterocycles. The van der Waals surface area contributed by atoms with Gasteiger partial charge in [0, 0.05) is 34.9 Å². The lowest BCUT2D eigenvalue weighted by Crippen LogP contribution is -2.40. The summed E-state index contributed by atoms with van der Waals surface area (Å²) in [5, 5.41) is 4.08. The summed E-state index contributed by atoms with van der Waals surface area (Å²) in [5.74, 6) is 0.0875. The van der Waals surface area contributed by atoms with E-state index in [0.717, 1.165) is 22.0 Å². The largest absolute Gasteiger partial charge is 0.343 e. The number of anilines is 1. The monoisotopic (exact) mass is 572 g/mol. The molecule has 3 heterocycles. The molecular formula is C35H32N4O2S. The highest BCUT2D eigenvalue weighted by Gasteiger charge is 2.32. The van der Waals surface area contributed by atoms with Crippen LogP contribution in [0.4, 0.5) is 5.69 Å². The maximum atomic E-state index is 14.2. The normalized spacial score (nSPS) is 15.1. The topological polar surface area (TPSA) is 68.4 Å². The predicted octanol–water partition coefficient (Wildman–Crippen LogP) is 6.14. The van der Waals surface area contributed by atoms with Crippen molar-refractivity contribution in [3.8, 4) is 0 Å². The molecule has 0 saturated heterocycles. The van der Waals surface area contributed by atoms with E-state index in [0.29, 0.717) is 38.8 Å². The van der Waals surface area contributed by atoms with Gasteiger partial charge in [-0.1, -0.05) is 91.9 Å². The number of nitrogens with one attached hydrogen (secondary N) is 1. The van der Waals surface area contributed by atoms with E-state index in [1.54, 1.807) is 4.57 Å². The Hall–Kier alpha value is -4.75. The van der Waals surface area contributed by atoms with Gasteiger partial charge in [-0.2, -0.15) is 0 Å². The average molecular weight is 573 g/mol. The van der Waals surface area contributed by atoms with E-state index in [1.807, 2.05) is 73.7 Å². The van der Waals surface area contributed by atoms with E-state index in [-0.39, 0.29) is 11.5 Å². The number of thiazole rings is 1. The summed E-state index contributed by atoms with van der Waals surface area (Å²) in [7, 11) is 0. The van der Waals surface area contributed by atoms with Gasteiger partial charge in [-0.15, -0.1) is 6.58 Å². The molecule has 0 aliphatic carbocycles. The third kappa shape index (κ3) is 4.97. The molecule has 1 unspecified atom stereocenters. The lowest BCUT2D eigenvalue weighted by atomic mass is 9.93. The minimum Gasteiger partial charge on any atom is -0.343 e. The first-order valence-corrected chi connectivity index (χ1v) is 14.8. The smallest absolute Gasteiger partial charge is 0.271 e. The van der Waals surface area contributed by atoms with Crippen LogP contribution < -0.4 is 20.2 Å². The van der Waals surface area contributed by atoms with Crippen LogP contribution in [-0.4, -0.2) is 15.0 Å². The van der Waals surface area contributed by atoms with Gasteiger partial charge in [0.25, 0.3) is 11.5 Å². The number of hydrogen-bond donors (Lipinski definition) is 1. The Balaban J connectivity index is 1.52. The number of nitrogens with zero attached hydrogens (tertiary/aromatic N) is 3. The molecule has 5 aromatic rings. The molecule has 6 rings (SSSR count). The Morgan fingerprint density at radius 2 is 1.76 bits per heavy atom. The first-order chi connectivity index (χ1) is 20.4. The van der Waals surface area contributed by atoms with Crippen LogP contribution in [0, 0.1) is 0 Å². The van der Waals surface area contributed by atoms with Gasteiger partial charge in [-0.25, -0.2) is 4.99 Å². The third-order valence-corrected chi connectivity index (χ3v) is 8.63. The number of para-hydroxylation sites is 2. The third-order valence-electron chi connectivity index (χ3n) is 7.65. The SMILES string of the molecule is C=CCn1cc(/C=c2/sc3n(c2=O)C(c2ccc(C(C)C)cc2)C(C(=O)Nc2ccccc2)=C(C)N=3)c2ccccc21. The molecule has 2 aromatic heterocycles. The molecule has 0 spiro atoms. The fourth-order valence-electron chi connectivity index (χ4n) is 5.53. The van der Waals surface area contributed by atoms with Crippen molar-refractivity contribution < 1.29 is 4.79 Å². The number of hydrogen-bond acceptors (Lipinski definition) is 4. The van der Waals surface area contributed by atoms with Crippen molar-refractivity contribution in [3.05, 3.63) is 145 Å². The van der Waals surface area contributed by atoms with Crippen molar-refractivity contribution in [2.75, 3.05) is 5.32 Å². The molecule has 7 heteroatoms. The lowest BCUT2D eigenvalue weighted by molar-refractivity contribution is -0.113. The van der Waals surface area contributed by atoms with E-state index in [2.05, 4.69) is 60.8 Å². The minimum atomic E-state index is -0.615. The second kappa shape index (κ2) is 11.3. The number of aromatic nitrogens is 2. The van der Waals surface area contributed by atoms with Crippen molar-refractivity contribution >= 4 is 39.9 Å². The average Bonchev–Trinajstić information content (AvgIpc) is 3.49. The van der Waals surface area contributed by atoms with Gasteiger partial charge in [0.05, 0.1) is 21.8 Å². The van der Waals surface area contributed by atoms with E-state index in [1.165, 1.54) is 16.9 Å². The Bertz CT molecular complexity index is 2030. The number of amides is 1. The summed E-state index contributed by atoms with van der Waals surface area (Å²) in [4.78, 5) is 33.4. The standard InChI is InChI=1S/C35H32N4O2S/c1-5-19-38-21-26(28-13-9-10-14-29(28)38)20-30-34(41)39-32(25-17-15-24(16-18-25)22(2)3)31(23(4)36-35(39)42-30)33(40)37-27-11-7-6-8-12-27/h5-18,20-22,32H,1,19H2,2-4H3,(H,37,40)/b30-20+. The Labute approximate surface area is 248 Å². The van der Waals surface area contributed by atoms with Crippen molar-refractivity contribution in [2.45, 2.75) is 39.3 Å². The highest BCUT2D eigenvalue weighted by molar-refractivity contribution is 7.07. The summed E-state index contributed by atoms with van der Waals surface area (Å²) in [6.07, 6.45) is 5.85. The Morgan fingerprint density at radius 3 is 2.48 bits per heavy atom. The Kier molecular flexibility index (Phi) is 7.35. The molecular weight excluding hydrogens is 540 g/mol. The molecule has 0 bridgehead atoms. The number of benzene rings is 3. The van der Waals surface area contributed by atoms with Crippen molar-refractivity contribution in [3.63, 3.8) is 0 Å². The highest BCUT2D eigenvalue weighted by atomic mass is 32.1. The van der Waals surface area contributed by atoms with Crippen LogP contribution >= 0.6 is 11.3 Å². The Morgan fingerprint density at radius 1 is 1.05 bits per heavy atom. The van der Waals surface area contributed by atoms with E-state index in [4.69, 9.17) is 4.99 Å². The second-order valence-electron chi connectivity index (χ2n) is 10.8. The summed E-state index contributed by atoms with van der Waals surface area (Å²) < 4.78 is 4.37. The van der Waals surface area contributed by atoms with Crippen LogP contribution in [0.2, 0.25) is 0 Å². The van der Waals surface area contributed by atoms with Crippen molar-refractivity contribution in [1.82, 2.24) is 9.13 Å². The summed E-state index contributed by atoms with van der Waals surface area (Å²) in [5.41, 5.74) is 5.65. The number of fused-ring (bicyclic) bond motifs is 2. The zero-order valence-electron chi connectivity index (χ0n) is 23.9. The maximum absolute atomic E-state index is 14.2. The number of allylic oxidation sites excluding steroid dienone is 2. The molecule has 1 amide bonds. The van der Waals surface area contributed by atoms with Gasteiger partial charge in [0.2, 0.25) is 0 Å².